The van der Waals surface area contributed by atoms with Crippen LogP contribution in [0.5, 0.6) is 5.75 Å². The van der Waals surface area contributed by atoms with Gasteiger partial charge in [0, 0.05) is 29.6 Å². The minimum atomic E-state index is -0.284. The van der Waals surface area contributed by atoms with Crippen LogP contribution in [0, 0.1) is 0 Å². The molecule has 1 amide bonds. The summed E-state index contributed by atoms with van der Waals surface area (Å²) in [5, 5.41) is 0. The molecule has 2 aromatic rings. The number of methoxy groups -OCH3 is 1. The van der Waals surface area contributed by atoms with Crippen LogP contribution in [-0.2, 0) is 13.0 Å². The third-order valence-electron chi connectivity index (χ3n) is 5.50. The van der Waals surface area contributed by atoms with Crippen molar-refractivity contribution in [3.05, 3.63) is 39.8 Å². The summed E-state index contributed by atoms with van der Waals surface area (Å²) in [6.45, 7) is 11.0. The zero-order chi connectivity index (χ0) is 22.2. The maximum absolute atomic E-state index is 13.4. The minimum Gasteiger partial charge on any atom is -0.496 e. The fraction of sp³-hybridized carbons (Fsp3) is 0.478. The van der Waals surface area contributed by atoms with Crippen LogP contribution in [0.3, 0.4) is 0 Å². The predicted molar refractivity (Wildman–Crippen MR) is 129 cm³/mol. The molecule has 0 N–H and O–H groups in total. The number of fused-ring (bicyclic) bond motifs is 3. The Balaban J connectivity index is 2.26. The first-order valence-electron chi connectivity index (χ1n) is 10.2. The molecule has 7 heteroatoms. The van der Waals surface area contributed by atoms with Crippen molar-refractivity contribution in [3.63, 3.8) is 0 Å². The second-order valence-corrected chi connectivity index (χ2v) is 10.5. The molecular formula is C23H30BrN3O2S. The summed E-state index contributed by atoms with van der Waals surface area (Å²) in [5.74, 6) is 2.21. The van der Waals surface area contributed by atoms with E-state index < -0.39 is 0 Å². The molecule has 1 aliphatic rings. The third-order valence-corrected chi connectivity index (χ3v) is 7.15. The molecule has 0 saturated carbocycles. The summed E-state index contributed by atoms with van der Waals surface area (Å²) in [7, 11) is 3.53. The minimum absolute atomic E-state index is 0.0528. The number of nitrogens with zero attached hydrogens (tertiary/aromatic N) is 3. The van der Waals surface area contributed by atoms with E-state index in [2.05, 4.69) is 45.6 Å². The Morgan fingerprint density at radius 3 is 2.67 bits per heavy atom. The number of imidazole rings is 1. The number of rotatable bonds is 5. The Hall–Kier alpha value is -1.73. The van der Waals surface area contributed by atoms with E-state index in [-0.39, 0.29) is 11.4 Å². The molecule has 162 valence electrons. The molecule has 0 saturated heterocycles. The summed E-state index contributed by atoms with van der Waals surface area (Å²) in [4.78, 5) is 21.2. The van der Waals surface area contributed by atoms with Gasteiger partial charge < -0.3 is 14.2 Å². The normalized spacial score (nSPS) is 13.7. The summed E-state index contributed by atoms with van der Waals surface area (Å²) in [6, 6.07) is 4.18. The standard InChI is InChI=1S/C23H30BrN3O2S/c1-8-18(30-9-2)19-20-15-13-16(24)17(29-7)12-14(15)10-11-27(20)21(25-19)22(28)26(6)23(3,4)5/h8,12-13H,9-11H2,1-7H3/b18-8-. The summed E-state index contributed by atoms with van der Waals surface area (Å²) in [6.07, 6.45) is 2.92. The first-order valence-corrected chi connectivity index (χ1v) is 12.0. The van der Waals surface area contributed by atoms with E-state index >= 15 is 0 Å². The van der Waals surface area contributed by atoms with E-state index in [0.29, 0.717) is 12.4 Å². The molecule has 1 aromatic carbocycles. The van der Waals surface area contributed by atoms with Crippen LogP contribution < -0.4 is 4.74 Å². The van der Waals surface area contributed by atoms with Gasteiger partial charge in [0.1, 0.15) is 11.4 Å². The lowest BCUT2D eigenvalue weighted by molar-refractivity contribution is 0.0638. The monoisotopic (exact) mass is 491 g/mol. The van der Waals surface area contributed by atoms with E-state index in [1.54, 1.807) is 23.8 Å². The second-order valence-electron chi connectivity index (χ2n) is 8.30. The van der Waals surface area contributed by atoms with Gasteiger partial charge in [-0.25, -0.2) is 4.98 Å². The van der Waals surface area contributed by atoms with Gasteiger partial charge in [0.05, 0.1) is 17.3 Å². The fourth-order valence-corrected chi connectivity index (χ4v) is 4.85. The summed E-state index contributed by atoms with van der Waals surface area (Å²) in [5.41, 5.74) is 3.93. The molecule has 1 aliphatic heterocycles. The molecule has 0 radical (unpaired) electrons. The summed E-state index contributed by atoms with van der Waals surface area (Å²) < 4.78 is 8.50. The quantitative estimate of drug-likeness (QED) is 0.525. The average Bonchev–Trinajstić information content (AvgIpc) is 3.09. The number of thioether (sulfide) groups is 1. The highest BCUT2D eigenvalue weighted by atomic mass is 79.9. The number of hydrogen-bond acceptors (Lipinski definition) is 4. The Kier molecular flexibility index (Phi) is 6.72. The highest BCUT2D eigenvalue weighted by Gasteiger charge is 2.33. The van der Waals surface area contributed by atoms with Gasteiger partial charge in [-0.15, -0.1) is 11.8 Å². The number of amides is 1. The number of benzene rings is 1. The lowest BCUT2D eigenvalue weighted by atomic mass is 9.96. The number of carbonyl (C=O) groups is 1. The molecule has 5 nitrogen and oxygen atoms in total. The van der Waals surface area contributed by atoms with Crippen LogP contribution in [-0.4, -0.2) is 45.8 Å². The molecule has 0 fully saturated rings. The first kappa shape index (κ1) is 22.9. The topological polar surface area (TPSA) is 47.4 Å². The zero-order valence-corrected chi connectivity index (χ0v) is 21.2. The highest BCUT2D eigenvalue weighted by Crippen LogP contribution is 2.43. The van der Waals surface area contributed by atoms with Gasteiger partial charge >= 0.3 is 0 Å². The van der Waals surface area contributed by atoms with Gasteiger partial charge in [0.25, 0.3) is 5.91 Å². The van der Waals surface area contributed by atoms with Crippen LogP contribution in [0.2, 0.25) is 0 Å². The molecule has 0 spiro atoms. The Morgan fingerprint density at radius 1 is 1.40 bits per heavy atom. The molecule has 3 rings (SSSR count). The van der Waals surface area contributed by atoms with E-state index in [1.807, 2.05) is 34.7 Å². The molecule has 0 atom stereocenters. The van der Waals surface area contributed by atoms with Gasteiger partial charge in [0.2, 0.25) is 0 Å². The van der Waals surface area contributed by atoms with Crippen molar-refractivity contribution in [1.29, 1.82) is 0 Å². The number of hydrogen-bond donors (Lipinski definition) is 0. The van der Waals surface area contributed by atoms with Crippen LogP contribution in [0.4, 0.5) is 0 Å². The number of allylic oxidation sites excluding steroid dienone is 1. The van der Waals surface area contributed by atoms with Crippen LogP contribution in [0.25, 0.3) is 16.2 Å². The lowest BCUT2D eigenvalue weighted by Crippen LogP contribution is -2.43. The van der Waals surface area contributed by atoms with Gasteiger partial charge in [-0.05, 0) is 73.5 Å². The number of halogens is 1. The smallest absolute Gasteiger partial charge is 0.290 e. The average molecular weight is 492 g/mol. The van der Waals surface area contributed by atoms with Gasteiger partial charge in [-0.2, -0.15) is 0 Å². The first-order chi connectivity index (χ1) is 14.1. The van der Waals surface area contributed by atoms with Crippen LogP contribution in [0.1, 0.15) is 56.5 Å². The van der Waals surface area contributed by atoms with Crippen molar-refractivity contribution in [2.45, 2.75) is 53.1 Å². The van der Waals surface area contributed by atoms with Crippen molar-refractivity contribution in [1.82, 2.24) is 14.5 Å². The number of ether oxygens (including phenoxy) is 1. The lowest BCUT2D eigenvalue weighted by Gasteiger charge is -2.32. The van der Waals surface area contributed by atoms with Crippen molar-refractivity contribution in [2.24, 2.45) is 0 Å². The summed E-state index contributed by atoms with van der Waals surface area (Å²) >= 11 is 5.38. The Labute approximate surface area is 192 Å². The van der Waals surface area contributed by atoms with Crippen LogP contribution >= 0.6 is 27.7 Å². The highest BCUT2D eigenvalue weighted by molar-refractivity contribution is 9.10. The van der Waals surface area contributed by atoms with Gasteiger partial charge in [-0.3, -0.25) is 4.79 Å². The predicted octanol–water partition coefficient (Wildman–Crippen LogP) is 5.86. The van der Waals surface area contributed by atoms with Crippen molar-refractivity contribution in [3.8, 4) is 17.0 Å². The van der Waals surface area contributed by atoms with E-state index in [4.69, 9.17) is 9.72 Å². The third kappa shape index (κ3) is 4.06. The van der Waals surface area contributed by atoms with E-state index in [1.165, 1.54) is 5.56 Å². The molecular weight excluding hydrogens is 462 g/mol. The van der Waals surface area contributed by atoms with Crippen molar-refractivity contribution < 1.29 is 9.53 Å². The van der Waals surface area contributed by atoms with Crippen LogP contribution in [0.15, 0.2) is 22.7 Å². The van der Waals surface area contributed by atoms with Gasteiger partial charge in [0.15, 0.2) is 5.82 Å². The van der Waals surface area contributed by atoms with E-state index in [9.17, 15) is 4.79 Å². The zero-order valence-electron chi connectivity index (χ0n) is 18.8. The molecule has 2 heterocycles. The molecule has 0 aliphatic carbocycles. The van der Waals surface area contributed by atoms with Gasteiger partial charge in [-0.1, -0.05) is 13.0 Å². The van der Waals surface area contributed by atoms with Crippen molar-refractivity contribution >= 4 is 38.5 Å². The fourth-order valence-electron chi connectivity index (χ4n) is 3.59. The Morgan fingerprint density at radius 2 is 2.10 bits per heavy atom. The van der Waals surface area contributed by atoms with Crippen molar-refractivity contribution in [2.75, 3.05) is 19.9 Å². The molecule has 0 unspecified atom stereocenters. The molecule has 1 aromatic heterocycles. The molecule has 30 heavy (non-hydrogen) atoms. The number of carbonyl (C=O) groups excluding carboxylic acids is 1. The Bertz CT molecular complexity index is 1000. The SMILES string of the molecule is C/C=C(\SCC)c1nc(C(=O)N(C)C(C)(C)C)n2c1-c1cc(Br)c(OC)cc1CC2. The van der Waals surface area contributed by atoms with E-state index in [0.717, 1.165) is 44.3 Å². The number of aryl methyl sites for hydroxylation is 1. The maximum Gasteiger partial charge on any atom is 0.290 e. The largest absolute Gasteiger partial charge is 0.496 e. The maximum atomic E-state index is 13.4. The second kappa shape index (κ2) is 8.79. The number of aromatic nitrogens is 2. The molecule has 0 bridgehead atoms.